The second-order valence-electron chi connectivity index (χ2n) is 5.25. The third-order valence-corrected chi connectivity index (χ3v) is 3.88. The van der Waals surface area contributed by atoms with Crippen molar-refractivity contribution in [3.05, 3.63) is 47.2 Å². The van der Waals surface area contributed by atoms with Crippen molar-refractivity contribution < 1.29 is 9.59 Å². The van der Waals surface area contributed by atoms with Gasteiger partial charge in [0, 0.05) is 17.1 Å². The van der Waals surface area contributed by atoms with Gasteiger partial charge in [-0.25, -0.2) is 0 Å². The highest BCUT2D eigenvalue weighted by atomic mass is 35.5. The Morgan fingerprint density at radius 1 is 1.32 bits per heavy atom. The summed E-state index contributed by atoms with van der Waals surface area (Å²) in [7, 11) is 0. The number of aromatic nitrogens is 2. The number of rotatable bonds is 5. The number of hydrogen-bond donors (Lipinski definition) is 3. The van der Waals surface area contributed by atoms with Crippen LogP contribution in [0.4, 0.5) is 5.69 Å². The number of benzene rings is 1. The maximum Gasteiger partial charge on any atom is 0.243 e. The van der Waals surface area contributed by atoms with Crippen LogP contribution in [0, 0.1) is 5.92 Å². The lowest BCUT2D eigenvalue weighted by Crippen LogP contribution is -2.34. The first-order valence-corrected chi connectivity index (χ1v) is 7.33. The molecule has 6 nitrogen and oxygen atoms in total. The molecule has 22 heavy (non-hydrogen) atoms. The molecule has 7 heteroatoms. The second kappa shape index (κ2) is 6.19. The summed E-state index contributed by atoms with van der Waals surface area (Å²) in [5.41, 5.74) is 1.68. The predicted octanol–water partition coefficient (Wildman–Crippen LogP) is 1.92. The molecule has 1 aliphatic carbocycles. The van der Waals surface area contributed by atoms with Gasteiger partial charge in [0.05, 0.1) is 18.4 Å². The Morgan fingerprint density at radius 3 is 2.77 bits per heavy atom. The van der Waals surface area contributed by atoms with Gasteiger partial charge in [0.1, 0.15) is 0 Å². The predicted molar refractivity (Wildman–Crippen MR) is 82.5 cm³/mol. The van der Waals surface area contributed by atoms with Crippen molar-refractivity contribution in [1.29, 1.82) is 0 Å². The van der Waals surface area contributed by atoms with Crippen LogP contribution in [0.1, 0.15) is 17.9 Å². The lowest BCUT2D eigenvalue weighted by atomic mass is 10.1. The molecule has 1 aliphatic rings. The van der Waals surface area contributed by atoms with E-state index in [-0.39, 0.29) is 30.2 Å². The van der Waals surface area contributed by atoms with Crippen LogP contribution in [0.3, 0.4) is 0 Å². The monoisotopic (exact) mass is 318 g/mol. The highest BCUT2D eigenvalue weighted by Gasteiger charge is 2.43. The molecular formula is C15H15ClN4O2. The summed E-state index contributed by atoms with van der Waals surface area (Å²) in [4.78, 5) is 23.7. The van der Waals surface area contributed by atoms with E-state index in [2.05, 4.69) is 20.8 Å². The molecular weight excluding hydrogens is 304 g/mol. The van der Waals surface area contributed by atoms with Crippen LogP contribution in [-0.2, 0) is 9.59 Å². The summed E-state index contributed by atoms with van der Waals surface area (Å²) < 4.78 is 0. The van der Waals surface area contributed by atoms with Gasteiger partial charge in [-0.15, -0.1) is 0 Å². The van der Waals surface area contributed by atoms with Crippen molar-refractivity contribution in [1.82, 2.24) is 15.5 Å². The normalized spacial score (nSPS) is 19.5. The van der Waals surface area contributed by atoms with E-state index in [0.29, 0.717) is 10.7 Å². The molecule has 2 aromatic rings. The molecule has 3 N–H and O–H groups in total. The maximum absolute atomic E-state index is 12.0. The minimum atomic E-state index is -0.279. The van der Waals surface area contributed by atoms with Crippen molar-refractivity contribution in [2.75, 3.05) is 11.9 Å². The lowest BCUT2D eigenvalue weighted by Gasteiger charge is -2.05. The lowest BCUT2D eigenvalue weighted by molar-refractivity contribution is -0.125. The van der Waals surface area contributed by atoms with Gasteiger partial charge in [0.25, 0.3) is 0 Å². The highest BCUT2D eigenvalue weighted by molar-refractivity contribution is 6.30. The van der Waals surface area contributed by atoms with Gasteiger partial charge in [0.15, 0.2) is 0 Å². The van der Waals surface area contributed by atoms with Gasteiger partial charge in [-0.1, -0.05) is 23.7 Å². The second-order valence-corrected chi connectivity index (χ2v) is 5.69. The van der Waals surface area contributed by atoms with Crippen molar-refractivity contribution >= 4 is 29.1 Å². The first kappa shape index (κ1) is 14.6. The molecule has 1 aromatic carbocycles. The molecule has 0 unspecified atom stereocenters. The number of nitrogens with zero attached hydrogens (tertiary/aromatic N) is 1. The van der Waals surface area contributed by atoms with Gasteiger partial charge in [0.2, 0.25) is 11.8 Å². The Bertz CT molecular complexity index is 669. The average molecular weight is 319 g/mol. The fraction of sp³-hybridized carbons (Fsp3) is 0.267. The number of anilines is 1. The third-order valence-electron chi connectivity index (χ3n) is 3.63. The summed E-state index contributed by atoms with van der Waals surface area (Å²) in [5, 5.41) is 12.3. The number of H-pyrrole nitrogens is 1. The number of amides is 2. The molecule has 114 valence electrons. The van der Waals surface area contributed by atoms with E-state index in [1.807, 2.05) is 24.3 Å². The van der Waals surface area contributed by atoms with E-state index >= 15 is 0 Å². The number of aromatic amines is 1. The topological polar surface area (TPSA) is 86.9 Å². The summed E-state index contributed by atoms with van der Waals surface area (Å²) in [5.74, 6) is -0.224. The molecule has 1 aromatic heterocycles. The number of carbonyl (C=O) groups is 2. The van der Waals surface area contributed by atoms with Crippen molar-refractivity contribution in [2.24, 2.45) is 5.92 Å². The van der Waals surface area contributed by atoms with E-state index in [4.69, 9.17) is 11.6 Å². The van der Waals surface area contributed by atoms with E-state index in [9.17, 15) is 9.59 Å². The van der Waals surface area contributed by atoms with Gasteiger partial charge < -0.3 is 10.6 Å². The molecule has 0 bridgehead atoms. The van der Waals surface area contributed by atoms with E-state index < -0.39 is 0 Å². The first-order chi connectivity index (χ1) is 10.6. The van der Waals surface area contributed by atoms with E-state index in [1.54, 1.807) is 6.20 Å². The first-order valence-electron chi connectivity index (χ1n) is 6.95. The minimum Gasteiger partial charge on any atom is -0.347 e. The molecule has 3 rings (SSSR count). The van der Waals surface area contributed by atoms with Gasteiger partial charge >= 0.3 is 0 Å². The van der Waals surface area contributed by atoms with Crippen LogP contribution < -0.4 is 10.6 Å². The fourth-order valence-electron chi connectivity index (χ4n) is 2.39. The summed E-state index contributed by atoms with van der Waals surface area (Å²) in [6, 6.07) is 7.52. The van der Waals surface area contributed by atoms with Crippen molar-refractivity contribution in [3.8, 4) is 0 Å². The molecule has 1 saturated carbocycles. The van der Waals surface area contributed by atoms with Crippen molar-refractivity contribution in [3.63, 3.8) is 0 Å². The molecule has 2 atom stereocenters. The van der Waals surface area contributed by atoms with E-state index in [0.717, 1.165) is 12.0 Å². The maximum atomic E-state index is 12.0. The Labute approximate surface area is 132 Å². The molecule has 0 spiro atoms. The number of nitrogens with one attached hydrogen (secondary N) is 3. The Hall–Kier alpha value is -2.34. The van der Waals surface area contributed by atoms with Gasteiger partial charge in [-0.3, -0.25) is 14.7 Å². The standard InChI is InChI=1S/C15H15ClN4O2/c16-10-3-1-9(2-4-10)12-5-13(12)15(22)17-8-14(21)20-11-6-18-19-7-11/h1-4,6-7,12-13H,5,8H2,(H,17,22)(H,18,19)(H,20,21)/t12-,13+/m0/s1. The average Bonchev–Trinajstić information content (AvgIpc) is 3.15. The van der Waals surface area contributed by atoms with E-state index in [1.165, 1.54) is 6.20 Å². The number of halogens is 1. The minimum absolute atomic E-state index is 0.0478. The summed E-state index contributed by atoms with van der Waals surface area (Å²) in [6.45, 7) is -0.0478. The van der Waals surface area contributed by atoms with Gasteiger partial charge in [-0.05, 0) is 30.0 Å². The fourth-order valence-corrected chi connectivity index (χ4v) is 2.51. The Morgan fingerprint density at radius 2 is 2.09 bits per heavy atom. The van der Waals surface area contributed by atoms with Gasteiger partial charge in [-0.2, -0.15) is 5.10 Å². The van der Waals surface area contributed by atoms with Crippen LogP contribution in [0.15, 0.2) is 36.7 Å². The third kappa shape index (κ3) is 3.46. The summed E-state index contributed by atoms with van der Waals surface area (Å²) >= 11 is 5.85. The quantitative estimate of drug-likeness (QED) is 0.787. The highest BCUT2D eigenvalue weighted by Crippen LogP contribution is 2.47. The molecule has 0 radical (unpaired) electrons. The zero-order chi connectivity index (χ0) is 15.5. The Balaban J connectivity index is 1.45. The number of carbonyl (C=O) groups excluding carboxylic acids is 2. The zero-order valence-electron chi connectivity index (χ0n) is 11.7. The number of hydrogen-bond acceptors (Lipinski definition) is 3. The van der Waals surface area contributed by atoms with Crippen molar-refractivity contribution in [2.45, 2.75) is 12.3 Å². The van der Waals surface area contributed by atoms with Crippen LogP contribution in [0.5, 0.6) is 0 Å². The van der Waals surface area contributed by atoms with Crippen LogP contribution in [-0.4, -0.2) is 28.6 Å². The molecule has 1 heterocycles. The van der Waals surface area contributed by atoms with Crippen LogP contribution in [0.25, 0.3) is 0 Å². The smallest absolute Gasteiger partial charge is 0.243 e. The molecule has 1 fully saturated rings. The SMILES string of the molecule is O=C(CNC(=O)[C@@H]1C[C@H]1c1ccc(Cl)cc1)Nc1cn[nH]c1. The molecule has 2 amide bonds. The Kier molecular flexibility index (Phi) is 4.11. The van der Waals surface area contributed by atoms with Crippen LogP contribution in [0.2, 0.25) is 5.02 Å². The molecule has 0 saturated heterocycles. The molecule has 0 aliphatic heterocycles. The zero-order valence-corrected chi connectivity index (χ0v) is 12.4. The largest absolute Gasteiger partial charge is 0.347 e. The summed E-state index contributed by atoms with van der Waals surface area (Å²) in [6.07, 6.45) is 3.87. The van der Waals surface area contributed by atoms with Crippen LogP contribution >= 0.6 is 11.6 Å².